The van der Waals surface area contributed by atoms with Gasteiger partial charge >= 0.3 is 0 Å². The van der Waals surface area contributed by atoms with Gasteiger partial charge in [-0.2, -0.15) is 0 Å². The molecule has 1 atom stereocenters. The Kier molecular flexibility index (Phi) is 5.76. The van der Waals surface area contributed by atoms with Crippen LogP contribution in [0.15, 0.2) is 36.7 Å². The number of hydrogen-bond donors (Lipinski definition) is 1. The third kappa shape index (κ3) is 4.51. The number of ether oxygens (including phenoxy) is 1. The van der Waals surface area contributed by atoms with E-state index >= 15 is 0 Å². The molecule has 0 aliphatic carbocycles. The van der Waals surface area contributed by atoms with Crippen molar-refractivity contribution in [2.24, 2.45) is 0 Å². The Balaban J connectivity index is 1.20. The van der Waals surface area contributed by atoms with Crippen LogP contribution in [0.25, 0.3) is 0 Å². The third-order valence-corrected chi connectivity index (χ3v) is 5.84. The summed E-state index contributed by atoms with van der Waals surface area (Å²) < 4.78 is 8.05. The first-order valence-electron chi connectivity index (χ1n) is 10.0. The average Bonchev–Trinajstić information content (AvgIpc) is 3.16. The van der Waals surface area contributed by atoms with E-state index in [9.17, 15) is 5.11 Å². The summed E-state index contributed by atoms with van der Waals surface area (Å²) >= 11 is 0. The first kappa shape index (κ1) is 18.5. The minimum Gasteiger partial charge on any atom is -0.491 e. The number of aliphatic hydroxyl groups is 1. The Morgan fingerprint density at radius 1 is 1.19 bits per heavy atom. The number of imidazole rings is 1. The summed E-state index contributed by atoms with van der Waals surface area (Å²) in [5, 5.41) is 10.4. The fourth-order valence-electron chi connectivity index (χ4n) is 4.23. The molecule has 27 heavy (non-hydrogen) atoms. The average molecular weight is 370 g/mol. The minimum atomic E-state index is -0.455. The van der Waals surface area contributed by atoms with Gasteiger partial charge in [0.25, 0.3) is 0 Å². The molecule has 1 N–H and O–H groups in total. The highest BCUT2D eigenvalue weighted by atomic mass is 16.5. The Hall–Kier alpha value is -1.89. The largest absolute Gasteiger partial charge is 0.491 e. The summed E-state index contributed by atoms with van der Waals surface area (Å²) in [7, 11) is 0. The van der Waals surface area contributed by atoms with Gasteiger partial charge in [0.2, 0.25) is 0 Å². The number of hydrogen-bond acceptors (Lipinski definition) is 5. The molecule has 6 heteroatoms. The van der Waals surface area contributed by atoms with Crippen molar-refractivity contribution in [3.63, 3.8) is 0 Å². The van der Waals surface area contributed by atoms with Crippen LogP contribution in [0, 0.1) is 6.92 Å². The maximum Gasteiger partial charge on any atom is 0.122 e. The topological polar surface area (TPSA) is 53.8 Å². The van der Waals surface area contributed by atoms with Crippen molar-refractivity contribution in [1.29, 1.82) is 0 Å². The molecule has 0 amide bonds. The number of rotatable bonds is 6. The van der Waals surface area contributed by atoms with Gasteiger partial charge in [-0.15, -0.1) is 0 Å². The summed E-state index contributed by atoms with van der Waals surface area (Å²) in [6.07, 6.45) is 5.85. The van der Waals surface area contributed by atoms with Crippen LogP contribution in [0.2, 0.25) is 0 Å². The quantitative estimate of drug-likeness (QED) is 0.842. The second-order valence-electron chi connectivity index (χ2n) is 7.77. The molecule has 146 valence electrons. The number of aliphatic hydroxyl groups excluding tert-OH is 1. The zero-order valence-electron chi connectivity index (χ0n) is 16.1. The fraction of sp³-hybridized carbons (Fsp3) is 0.571. The highest BCUT2D eigenvalue weighted by molar-refractivity contribution is 5.31. The third-order valence-electron chi connectivity index (χ3n) is 5.84. The van der Waals surface area contributed by atoms with E-state index in [1.807, 2.05) is 37.4 Å². The summed E-state index contributed by atoms with van der Waals surface area (Å²) in [5.41, 5.74) is 1.10. The molecule has 2 aliphatic heterocycles. The van der Waals surface area contributed by atoms with Crippen molar-refractivity contribution >= 4 is 0 Å². The first-order valence-corrected chi connectivity index (χ1v) is 10.0. The molecule has 2 aliphatic rings. The lowest BCUT2D eigenvalue weighted by atomic mass is 10.0. The first-order chi connectivity index (χ1) is 13.2. The maximum atomic E-state index is 10.4. The van der Waals surface area contributed by atoms with Crippen LogP contribution in [0.4, 0.5) is 0 Å². The second kappa shape index (κ2) is 8.42. The van der Waals surface area contributed by atoms with Crippen LogP contribution < -0.4 is 4.74 Å². The number of β-amino-alcohol motifs (C(OH)–C–C–N with tert-alkyl or cyclic N) is 1. The molecule has 2 aromatic rings. The number of likely N-dealkylation sites (tertiary alicyclic amines) is 1. The summed E-state index contributed by atoms with van der Waals surface area (Å²) in [6, 6.07) is 8.58. The molecular formula is C21H30N4O2. The normalized spacial score (nSPS) is 20.4. The maximum absolute atomic E-state index is 10.4. The summed E-state index contributed by atoms with van der Waals surface area (Å²) in [5.74, 6) is 2.05. The lowest BCUT2D eigenvalue weighted by Crippen LogP contribution is -2.49. The van der Waals surface area contributed by atoms with Gasteiger partial charge in [0.05, 0.1) is 6.54 Å². The second-order valence-corrected chi connectivity index (χ2v) is 7.77. The van der Waals surface area contributed by atoms with Gasteiger partial charge in [0.15, 0.2) is 0 Å². The Labute approximate surface area is 161 Å². The molecule has 4 rings (SSSR count). The van der Waals surface area contributed by atoms with E-state index in [-0.39, 0.29) is 0 Å². The van der Waals surface area contributed by atoms with E-state index in [1.54, 1.807) is 0 Å². The number of piperidine rings is 1. The molecule has 1 fully saturated rings. The zero-order valence-corrected chi connectivity index (χ0v) is 16.1. The predicted molar refractivity (Wildman–Crippen MR) is 105 cm³/mol. The van der Waals surface area contributed by atoms with E-state index in [2.05, 4.69) is 25.5 Å². The molecular weight excluding hydrogens is 340 g/mol. The lowest BCUT2D eigenvalue weighted by Gasteiger charge is -2.40. The van der Waals surface area contributed by atoms with Crippen LogP contribution >= 0.6 is 0 Å². The molecule has 1 unspecified atom stereocenters. The summed E-state index contributed by atoms with van der Waals surface area (Å²) in [4.78, 5) is 9.42. The van der Waals surface area contributed by atoms with Crippen molar-refractivity contribution in [1.82, 2.24) is 19.4 Å². The zero-order chi connectivity index (χ0) is 18.6. The van der Waals surface area contributed by atoms with Crippen molar-refractivity contribution < 1.29 is 9.84 Å². The van der Waals surface area contributed by atoms with Gasteiger partial charge in [-0.3, -0.25) is 4.90 Å². The molecule has 3 heterocycles. The van der Waals surface area contributed by atoms with Crippen molar-refractivity contribution in [2.75, 3.05) is 32.8 Å². The standard InChI is InChI=1S/C21H30N4O2/c1-17-4-2-3-5-20(17)27-16-19(26)14-23-9-6-18(7-10-23)25-13-12-24-11-8-22-21(24)15-25/h2-5,8,11,18-19,26H,6-7,9-10,12-16H2,1H3. The van der Waals surface area contributed by atoms with Crippen LogP contribution in [0.5, 0.6) is 5.75 Å². The molecule has 1 aromatic heterocycles. The Morgan fingerprint density at radius 3 is 2.81 bits per heavy atom. The van der Waals surface area contributed by atoms with Gasteiger partial charge in [0.1, 0.15) is 24.3 Å². The minimum absolute atomic E-state index is 0.347. The van der Waals surface area contributed by atoms with Gasteiger partial charge in [-0.25, -0.2) is 4.98 Å². The Morgan fingerprint density at radius 2 is 2.00 bits per heavy atom. The molecule has 1 saturated heterocycles. The lowest BCUT2D eigenvalue weighted by molar-refractivity contribution is 0.0383. The van der Waals surface area contributed by atoms with E-state index < -0.39 is 6.10 Å². The van der Waals surface area contributed by atoms with Gasteiger partial charge in [-0.05, 0) is 44.5 Å². The summed E-state index contributed by atoms with van der Waals surface area (Å²) in [6.45, 7) is 8.26. The molecule has 0 bridgehead atoms. The van der Waals surface area contributed by atoms with E-state index in [1.165, 1.54) is 5.82 Å². The number of nitrogens with zero attached hydrogens (tertiary/aromatic N) is 4. The van der Waals surface area contributed by atoms with Crippen LogP contribution in [-0.2, 0) is 13.1 Å². The SMILES string of the molecule is Cc1ccccc1OCC(O)CN1CCC(N2CCn3ccnc3C2)CC1. The number of para-hydroxylation sites is 1. The number of aromatic nitrogens is 2. The van der Waals surface area contributed by atoms with Gasteiger partial charge in [0, 0.05) is 38.1 Å². The smallest absolute Gasteiger partial charge is 0.122 e. The molecule has 0 spiro atoms. The van der Waals surface area contributed by atoms with Crippen molar-refractivity contribution in [3.05, 3.63) is 48.0 Å². The van der Waals surface area contributed by atoms with Gasteiger partial charge < -0.3 is 19.3 Å². The van der Waals surface area contributed by atoms with Crippen LogP contribution in [0.1, 0.15) is 24.2 Å². The Bertz CT molecular complexity index is 739. The molecule has 0 saturated carbocycles. The highest BCUT2D eigenvalue weighted by Crippen LogP contribution is 2.22. The van der Waals surface area contributed by atoms with Crippen molar-refractivity contribution in [3.8, 4) is 5.75 Å². The molecule has 1 aromatic carbocycles. The predicted octanol–water partition coefficient (Wildman–Crippen LogP) is 1.91. The van der Waals surface area contributed by atoms with E-state index in [0.29, 0.717) is 19.2 Å². The van der Waals surface area contributed by atoms with Crippen molar-refractivity contribution in [2.45, 2.75) is 45.0 Å². The molecule has 6 nitrogen and oxygen atoms in total. The number of fused-ring (bicyclic) bond motifs is 1. The fourth-order valence-corrected chi connectivity index (χ4v) is 4.23. The molecule has 0 radical (unpaired) electrons. The van der Waals surface area contributed by atoms with Crippen LogP contribution in [0.3, 0.4) is 0 Å². The van der Waals surface area contributed by atoms with Crippen LogP contribution in [-0.4, -0.2) is 69.4 Å². The van der Waals surface area contributed by atoms with Gasteiger partial charge in [-0.1, -0.05) is 18.2 Å². The van der Waals surface area contributed by atoms with E-state index in [4.69, 9.17) is 4.74 Å². The number of benzene rings is 1. The van der Waals surface area contributed by atoms with E-state index in [0.717, 1.165) is 56.9 Å². The monoisotopic (exact) mass is 370 g/mol. The highest BCUT2D eigenvalue weighted by Gasteiger charge is 2.28. The number of aryl methyl sites for hydroxylation is 1.